The maximum absolute atomic E-state index is 13.6. The second-order valence-electron chi connectivity index (χ2n) is 4.03. The second kappa shape index (κ2) is 5.42. The third-order valence-electron chi connectivity index (χ3n) is 2.42. The highest BCUT2D eigenvalue weighted by Gasteiger charge is 2.32. The number of rotatable bonds is 3. The molecule has 5 heteroatoms. The van der Waals surface area contributed by atoms with Crippen LogP contribution in [0.25, 0.3) is 0 Å². The lowest BCUT2D eigenvalue weighted by Crippen LogP contribution is -2.49. The maximum atomic E-state index is 13.6. The number of likely N-dealkylation sites (tertiary alicyclic amines) is 1. The summed E-state index contributed by atoms with van der Waals surface area (Å²) in [5.74, 6) is -0.416. The Labute approximate surface area is 89.0 Å². The van der Waals surface area contributed by atoms with E-state index in [-0.39, 0.29) is 12.6 Å². The van der Waals surface area contributed by atoms with Gasteiger partial charge in [-0.05, 0) is 20.3 Å². The summed E-state index contributed by atoms with van der Waals surface area (Å²) < 4.78 is 18.9. The monoisotopic (exact) mass is 219 g/mol. The predicted octanol–water partition coefficient (Wildman–Crippen LogP) is 0.343. The van der Waals surface area contributed by atoms with E-state index in [2.05, 4.69) is 0 Å². The van der Waals surface area contributed by atoms with Crippen molar-refractivity contribution < 1.29 is 19.0 Å². The first-order chi connectivity index (χ1) is 7.04. The molecule has 1 aliphatic heterocycles. The fourth-order valence-corrected chi connectivity index (χ4v) is 1.71. The van der Waals surface area contributed by atoms with E-state index in [1.807, 2.05) is 13.8 Å². The van der Waals surface area contributed by atoms with E-state index in [9.17, 15) is 9.18 Å². The summed E-state index contributed by atoms with van der Waals surface area (Å²) in [5, 5.41) is 8.64. The van der Waals surface area contributed by atoms with Crippen LogP contribution in [0.3, 0.4) is 0 Å². The van der Waals surface area contributed by atoms with Gasteiger partial charge in [0.2, 0.25) is 5.91 Å². The van der Waals surface area contributed by atoms with Crippen LogP contribution in [0.15, 0.2) is 0 Å². The fraction of sp³-hybridized carbons (Fsp3) is 0.900. The molecule has 2 atom stereocenters. The molecule has 0 bridgehead atoms. The number of aliphatic hydroxyl groups excluding tert-OH is 1. The Hall–Kier alpha value is -0.680. The number of aliphatic hydroxyl groups is 1. The van der Waals surface area contributed by atoms with Gasteiger partial charge in [0.15, 0.2) is 0 Å². The SMILES string of the molecule is CC(C)O[C@@H]1CCN(C(=O)CO)C[C@@H]1F. The number of alkyl halides is 1. The van der Waals surface area contributed by atoms with Gasteiger partial charge >= 0.3 is 0 Å². The van der Waals surface area contributed by atoms with Crippen molar-refractivity contribution in [2.24, 2.45) is 0 Å². The van der Waals surface area contributed by atoms with Crippen LogP contribution in [0.2, 0.25) is 0 Å². The molecule has 1 heterocycles. The molecular formula is C10H18FNO3. The standard InChI is InChI=1S/C10H18FNO3/c1-7(2)15-9-3-4-12(5-8(9)11)10(14)6-13/h7-9,13H,3-6H2,1-2H3/t8-,9+/m0/s1. The van der Waals surface area contributed by atoms with Crippen molar-refractivity contribution in [3.63, 3.8) is 0 Å². The predicted molar refractivity (Wildman–Crippen MR) is 53.2 cm³/mol. The number of carbonyl (C=O) groups is 1. The molecule has 0 saturated carbocycles. The van der Waals surface area contributed by atoms with Gasteiger partial charge < -0.3 is 14.7 Å². The van der Waals surface area contributed by atoms with Crippen molar-refractivity contribution >= 4 is 5.91 Å². The molecule has 1 rings (SSSR count). The van der Waals surface area contributed by atoms with Gasteiger partial charge in [0.25, 0.3) is 0 Å². The molecule has 1 saturated heterocycles. The van der Waals surface area contributed by atoms with E-state index in [0.29, 0.717) is 13.0 Å². The molecule has 0 aromatic carbocycles. The Bertz CT molecular complexity index is 223. The molecule has 1 fully saturated rings. The minimum atomic E-state index is -1.16. The lowest BCUT2D eigenvalue weighted by molar-refractivity contribution is -0.141. The number of nitrogens with zero attached hydrogens (tertiary/aromatic N) is 1. The van der Waals surface area contributed by atoms with E-state index < -0.39 is 24.8 Å². The lowest BCUT2D eigenvalue weighted by Gasteiger charge is -2.35. The largest absolute Gasteiger partial charge is 0.387 e. The van der Waals surface area contributed by atoms with Gasteiger partial charge in [-0.3, -0.25) is 4.79 Å². The van der Waals surface area contributed by atoms with Crippen molar-refractivity contribution in [2.75, 3.05) is 19.7 Å². The van der Waals surface area contributed by atoms with Gasteiger partial charge in [-0.15, -0.1) is 0 Å². The summed E-state index contributed by atoms with van der Waals surface area (Å²) in [4.78, 5) is 12.4. The highest BCUT2D eigenvalue weighted by atomic mass is 19.1. The molecule has 0 radical (unpaired) electrons. The molecule has 1 aliphatic rings. The Kier molecular flexibility index (Phi) is 4.47. The number of carbonyl (C=O) groups excluding carboxylic acids is 1. The van der Waals surface area contributed by atoms with Gasteiger partial charge in [0.1, 0.15) is 12.8 Å². The van der Waals surface area contributed by atoms with Gasteiger partial charge in [0.05, 0.1) is 18.8 Å². The summed E-state index contributed by atoms with van der Waals surface area (Å²) in [6, 6.07) is 0. The van der Waals surface area contributed by atoms with E-state index in [4.69, 9.17) is 9.84 Å². The molecule has 0 aromatic heterocycles. The Morgan fingerprint density at radius 1 is 1.67 bits per heavy atom. The highest BCUT2D eigenvalue weighted by Crippen LogP contribution is 2.18. The van der Waals surface area contributed by atoms with Crippen LogP contribution in [-0.4, -0.2) is 54.0 Å². The maximum Gasteiger partial charge on any atom is 0.248 e. The lowest BCUT2D eigenvalue weighted by atomic mass is 10.1. The minimum Gasteiger partial charge on any atom is -0.387 e. The third-order valence-corrected chi connectivity index (χ3v) is 2.42. The van der Waals surface area contributed by atoms with Crippen LogP contribution < -0.4 is 0 Å². The molecule has 0 unspecified atom stereocenters. The number of hydrogen-bond acceptors (Lipinski definition) is 3. The number of piperidine rings is 1. The Morgan fingerprint density at radius 2 is 2.33 bits per heavy atom. The number of hydrogen-bond donors (Lipinski definition) is 1. The molecule has 0 aromatic rings. The van der Waals surface area contributed by atoms with Crippen LogP contribution in [0.4, 0.5) is 4.39 Å². The molecule has 4 nitrogen and oxygen atoms in total. The summed E-state index contributed by atoms with van der Waals surface area (Å²) in [6.45, 7) is 3.65. The van der Waals surface area contributed by atoms with E-state index >= 15 is 0 Å². The summed E-state index contributed by atoms with van der Waals surface area (Å²) in [7, 11) is 0. The number of ether oxygens (including phenoxy) is 1. The highest BCUT2D eigenvalue weighted by molar-refractivity contribution is 5.77. The smallest absolute Gasteiger partial charge is 0.248 e. The average molecular weight is 219 g/mol. The van der Waals surface area contributed by atoms with Gasteiger partial charge in [-0.2, -0.15) is 0 Å². The topological polar surface area (TPSA) is 49.8 Å². The van der Waals surface area contributed by atoms with E-state index in [1.54, 1.807) is 0 Å². The van der Waals surface area contributed by atoms with Crippen LogP contribution in [0.1, 0.15) is 20.3 Å². The molecular weight excluding hydrogens is 201 g/mol. The Morgan fingerprint density at radius 3 is 2.80 bits per heavy atom. The summed E-state index contributed by atoms with van der Waals surface area (Å²) in [5.41, 5.74) is 0. The molecule has 1 N–H and O–H groups in total. The molecule has 1 amide bonds. The van der Waals surface area contributed by atoms with Gasteiger partial charge in [0, 0.05) is 6.54 Å². The van der Waals surface area contributed by atoms with Gasteiger partial charge in [-0.1, -0.05) is 0 Å². The fourth-order valence-electron chi connectivity index (χ4n) is 1.71. The zero-order valence-electron chi connectivity index (χ0n) is 9.15. The quantitative estimate of drug-likeness (QED) is 0.744. The number of halogens is 1. The minimum absolute atomic E-state index is 0.00616. The van der Waals surface area contributed by atoms with Crippen molar-refractivity contribution in [1.82, 2.24) is 4.90 Å². The van der Waals surface area contributed by atoms with Crippen LogP contribution in [-0.2, 0) is 9.53 Å². The van der Waals surface area contributed by atoms with Crippen molar-refractivity contribution in [2.45, 2.75) is 38.6 Å². The van der Waals surface area contributed by atoms with Gasteiger partial charge in [-0.25, -0.2) is 4.39 Å². The Balaban J connectivity index is 2.44. The molecule has 88 valence electrons. The summed E-state index contributed by atoms with van der Waals surface area (Å²) >= 11 is 0. The zero-order valence-corrected chi connectivity index (χ0v) is 9.15. The molecule has 15 heavy (non-hydrogen) atoms. The van der Waals surface area contributed by atoms with Crippen LogP contribution in [0.5, 0.6) is 0 Å². The summed E-state index contributed by atoms with van der Waals surface area (Å²) in [6.07, 6.45) is -1.09. The molecule has 0 spiro atoms. The van der Waals surface area contributed by atoms with E-state index in [1.165, 1.54) is 4.90 Å². The zero-order chi connectivity index (χ0) is 11.4. The first-order valence-corrected chi connectivity index (χ1v) is 5.22. The van der Waals surface area contributed by atoms with Crippen molar-refractivity contribution in [3.8, 4) is 0 Å². The molecule has 0 aliphatic carbocycles. The number of amides is 1. The van der Waals surface area contributed by atoms with E-state index in [0.717, 1.165) is 0 Å². The average Bonchev–Trinajstić information content (AvgIpc) is 2.19. The second-order valence-corrected chi connectivity index (χ2v) is 4.03. The van der Waals surface area contributed by atoms with Crippen molar-refractivity contribution in [1.29, 1.82) is 0 Å². The third kappa shape index (κ3) is 3.43. The first-order valence-electron chi connectivity index (χ1n) is 5.22. The first kappa shape index (κ1) is 12.4. The normalized spacial score (nSPS) is 27.1. The van der Waals surface area contributed by atoms with Crippen LogP contribution >= 0.6 is 0 Å². The van der Waals surface area contributed by atoms with Crippen LogP contribution in [0, 0.1) is 0 Å². The van der Waals surface area contributed by atoms with Crippen molar-refractivity contribution in [3.05, 3.63) is 0 Å².